The Morgan fingerprint density at radius 2 is 1.06 bits per heavy atom. The largest absolute Gasteiger partial charge is 0.368 e. The molecule has 0 bridgehead atoms. The lowest BCUT2D eigenvalue weighted by atomic mass is 9.86. The molecule has 4 N–H and O–H groups in total. The van der Waals surface area contributed by atoms with Gasteiger partial charge in [0.2, 0.25) is 5.91 Å². The molecule has 0 saturated heterocycles. The van der Waals surface area contributed by atoms with Crippen molar-refractivity contribution in [2.75, 3.05) is 0 Å². The van der Waals surface area contributed by atoms with Crippen molar-refractivity contribution in [3.05, 3.63) is 0 Å². The van der Waals surface area contributed by atoms with Crippen LogP contribution in [0, 0.1) is 0 Å². The smallest absolute Gasteiger partial charge is 0.237 e. The number of hydrogen-bond acceptors (Lipinski definition) is 2. The Kier molecular flexibility index (Phi) is 5.81. The molecule has 16 heavy (non-hydrogen) atoms. The van der Waals surface area contributed by atoms with Gasteiger partial charge in [0.05, 0.1) is 5.54 Å². The number of amides is 1. The van der Waals surface area contributed by atoms with Crippen LogP contribution in [0.5, 0.6) is 0 Å². The van der Waals surface area contributed by atoms with Gasteiger partial charge in [0.1, 0.15) is 0 Å². The predicted molar refractivity (Wildman–Crippen MR) is 66.9 cm³/mol. The number of primary amides is 1. The van der Waals surface area contributed by atoms with Gasteiger partial charge in [0.15, 0.2) is 0 Å². The lowest BCUT2D eigenvalue weighted by Gasteiger charge is -2.26. The fraction of sp³-hybridized carbons (Fsp3) is 0.923. The van der Waals surface area contributed by atoms with E-state index in [9.17, 15) is 4.79 Å². The standard InChI is InChI=1S/C13H26N2O/c14-12(16)13(15)10-8-6-4-2-1-3-5-7-9-11-13/h1-11,15H2,(H2,14,16). The minimum absolute atomic E-state index is 0.315. The molecule has 0 aromatic rings. The zero-order valence-electron chi connectivity index (χ0n) is 10.3. The van der Waals surface area contributed by atoms with Crippen LogP contribution < -0.4 is 11.5 Å². The van der Waals surface area contributed by atoms with Crippen molar-refractivity contribution in [3.8, 4) is 0 Å². The van der Waals surface area contributed by atoms with Crippen LogP contribution in [0.4, 0.5) is 0 Å². The van der Waals surface area contributed by atoms with Crippen LogP contribution in [0.1, 0.15) is 70.6 Å². The van der Waals surface area contributed by atoms with E-state index in [1.807, 2.05) is 0 Å². The molecule has 0 aromatic heterocycles. The number of carbonyl (C=O) groups excluding carboxylic acids is 1. The maximum Gasteiger partial charge on any atom is 0.237 e. The minimum Gasteiger partial charge on any atom is -0.368 e. The minimum atomic E-state index is -0.737. The monoisotopic (exact) mass is 226 g/mol. The molecular weight excluding hydrogens is 200 g/mol. The van der Waals surface area contributed by atoms with Crippen LogP contribution in [0.25, 0.3) is 0 Å². The fourth-order valence-electron chi connectivity index (χ4n) is 2.49. The summed E-state index contributed by atoms with van der Waals surface area (Å²) >= 11 is 0. The average Bonchev–Trinajstić information content (AvgIpc) is 2.23. The topological polar surface area (TPSA) is 69.1 Å². The maximum absolute atomic E-state index is 11.4. The molecule has 3 heteroatoms. The molecule has 0 atom stereocenters. The molecule has 0 aromatic carbocycles. The second kappa shape index (κ2) is 6.89. The first-order chi connectivity index (χ1) is 7.65. The Bertz CT molecular complexity index is 204. The van der Waals surface area contributed by atoms with Crippen molar-refractivity contribution >= 4 is 5.91 Å². The van der Waals surface area contributed by atoms with E-state index in [0.29, 0.717) is 0 Å². The zero-order chi connectivity index (χ0) is 11.9. The molecule has 0 aliphatic heterocycles. The Labute approximate surface area is 99.0 Å². The van der Waals surface area contributed by atoms with Crippen LogP contribution >= 0.6 is 0 Å². The van der Waals surface area contributed by atoms with Crippen LogP contribution in [0.3, 0.4) is 0 Å². The Balaban J connectivity index is 2.45. The van der Waals surface area contributed by atoms with Crippen LogP contribution in [-0.2, 0) is 4.79 Å². The second-order valence-corrected chi connectivity index (χ2v) is 5.20. The highest BCUT2D eigenvalue weighted by atomic mass is 16.1. The molecule has 1 aliphatic carbocycles. The summed E-state index contributed by atoms with van der Waals surface area (Å²) in [7, 11) is 0. The molecule has 0 heterocycles. The van der Waals surface area contributed by atoms with Gasteiger partial charge in [-0.15, -0.1) is 0 Å². The summed E-state index contributed by atoms with van der Waals surface area (Å²) in [5.74, 6) is -0.315. The third-order valence-corrected chi connectivity index (χ3v) is 3.74. The molecule has 1 amide bonds. The average molecular weight is 226 g/mol. The lowest BCUT2D eigenvalue weighted by Crippen LogP contribution is -2.51. The predicted octanol–water partition coefficient (Wildman–Crippen LogP) is 2.47. The van der Waals surface area contributed by atoms with Gasteiger partial charge in [-0.25, -0.2) is 0 Å². The van der Waals surface area contributed by atoms with Crippen molar-refractivity contribution in [1.29, 1.82) is 0 Å². The van der Waals surface area contributed by atoms with E-state index in [0.717, 1.165) is 25.7 Å². The Hall–Kier alpha value is -0.570. The first-order valence-corrected chi connectivity index (χ1v) is 6.74. The van der Waals surface area contributed by atoms with E-state index in [2.05, 4.69) is 0 Å². The van der Waals surface area contributed by atoms with E-state index in [-0.39, 0.29) is 5.91 Å². The van der Waals surface area contributed by atoms with Gasteiger partial charge in [-0.2, -0.15) is 0 Å². The van der Waals surface area contributed by atoms with Crippen molar-refractivity contribution in [3.63, 3.8) is 0 Å². The van der Waals surface area contributed by atoms with Gasteiger partial charge < -0.3 is 11.5 Å². The number of rotatable bonds is 1. The summed E-state index contributed by atoms with van der Waals surface area (Å²) in [6, 6.07) is 0. The summed E-state index contributed by atoms with van der Waals surface area (Å²) in [5, 5.41) is 0. The van der Waals surface area contributed by atoms with Crippen molar-refractivity contribution in [2.24, 2.45) is 11.5 Å². The van der Waals surface area contributed by atoms with E-state index in [4.69, 9.17) is 11.5 Å². The number of carbonyl (C=O) groups is 1. The van der Waals surface area contributed by atoms with Crippen LogP contribution in [0.2, 0.25) is 0 Å². The third kappa shape index (κ3) is 4.52. The molecule has 1 aliphatic rings. The van der Waals surface area contributed by atoms with E-state index >= 15 is 0 Å². The maximum atomic E-state index is 11.4. The normalized spacial score (nSPS) is 24.1. The molecule has 94 valence electrons. The summed E-state index contributed by atoms with van der Waals surface area (Å²) < 4.78 is 0. The molecular formula is C13H26N2O. The van der Waals surface area contributed by atoms with Crippen LogP contribution in [-0.4, -0.2) is 11.4 Å². The molecule has 3 nitrogen and oxygen atoms in total. The Morgan fingerprint density at radius 1 is 0.750 bits per heavy atom. The summed E-state index contributed by atoms with van der Waals surface area (Å²) in [6.45, 7) is 0. The molecule has 0 radical (unpaired) electrons. The molecule has 1 saturated carbocycles. The molecule has 0 spiro atoms. The SMILES string of the molecule is NC(=O)C1(N)CCCCCCCCCCC1. The zero-order valence-corrected chi connectivity index (χ0v) is 10.3. The molecule has 0 unspecified atom stereocenters. The van der Waals surface area contributed by atoms with Crippen molar-refractivity contribution in [1.82, 2.24) is 0 Å². The molecule has 1 fully saturated rings. The van der Waals surface area contributed by atoms with Crippen molar-refractivity contribution < 1.29 is 4.79 Å². The van der Waals surface area contributed by atoms with E-state index in [1.54, 1.807) is 0 Å². The van der Waals surface area contributed by atoms with Crippen LogP contribution in [0.15, 0.2) is 0 Å². The first kappa shape index (κ1) is 13.5. The summed E-state index contributed by atoms with van der Waals surface area (Å²) in [4.78, 5) is 11.4. The number of hydrogen-bond donors (Lipinski definition) is 2. The summed E-state index contributed by atoms with van der Waals surface area (Å²) in [5.41, 5.74) is 10.8. The van der Waals surface area contributed by atoms with Gasteiger partial charge >= 0.3 is 0 Å². The van der Waals surface area contributed by atoms with Gasteiger partial charge in [-0.1, -0.05) is 57.8 Å². The van der Waals surface area contributed by atoms with E-state index < -0.39 is 5.54 Å². The van der Waals surface area contributed by atoms with Gasteiger partial charge in [0, 0.05) is 0 Å². The highest BCUT2D eigenvalue weighted by Crippen LogP contribution is 2.22. The Morgan fingerprint density at radius 3 is 1.38 bits per heavy atom. The first-order valence-electron chi connectivity index (χ1n) is 6.74. The molecule has 1 rings (SSSR count). The highest BCUT2D eigenvalue weighted by Gasteiger charge is 2.30. The number of nitrogens with two attached hydrogens (primary N) is 2. The highest BCUT2D eigenvalue weighted by molar-refractivity contribution is 5.84. The summed E-state index contributed by atoms with van der Waals surface area (Å²) in [6.07, 6.45) is 12.6. The van der Waals surface area contributed by atoms with E-state index in [1.165, 1.54) is 44.9 Å². The quantitative estimate of drug-likeness (QED) is 0.721. The van der Waals surface area contributed by atoms with Gasteiger partial charge in [-0.3, -0.25) is 4.79 Å². The fourth-order valence-corrected chi connectivity index (χ4v) is 2.49. The second-order valence-electron chi connectivity index (χ2n) is 5.20. The van der Waals surface area contributed by atoms with Crippen molar-refractivity contribution in [2.45, 2.75) is 76.2 Å². The van der Waals surface area contributed by atoms with Gasteiger partial charge in [0.25, 0.3) is 0 Å². The van der Waals surface area contributed by atoms with Gasteiger partial charge in [-0.05, 0) is 12.8 Å². The third-order valence-electron chi connectivity index (χ3n) is 3.74. The lowest BCUT2D eigenvalue weighted by molar-refractivity contribution is -0.123.